The second-order valence-corrected chi connectivity index (χ2v) is 3.05. The van der Waals surface area contributed by atoms with E-state index >= 15 is 0 Å². The molecular formula is C8H13N2S. The molecule has 0 bridgehead atoms. The molecule has 0 amide bonds. The van der Waals surface area contributed by atoms with Gasteiger partial charge >= 0.3 is 0 Å². The van der Waals surface area contributed by atoms with Gasteiger partial charge in [0.25, 0.3) is 0 Å². The van der Waals surface area contributed by atoms with Gasteiger partial charge in [0, 0.05) is 11.9 Å². The van der Waals surface area contributed by atoms with E-state index < -0.39 is 0 Å². The van der Waals surface area contributed by atoms with Crippen molar-refractivity contribution < 1.29 is 0 Å². The molecule has 0 fully saturated rings. The van der Waals surface area contributed by atoms with Gasteiger partial charge in [-0.15, -0.1) is 11.3 Å². The predicted octanol–water partition coefficient (Wildman–Crippen LogP) is 1.79. The number of rotatable bonds is 4. The highest BCUT2D eigenvalue weighted by Crippen LogP contribution is 2.03. The summed E-state index contributed by atoms with van der Waals surface area (Å²) in [4.78, 5) is 6.44. The van der Waals surface area contributed by atoms with Gasteiger partial charge in [-0.3, -0.25) is 4.90 Å². The van der Waals surface area contributed by atoms with Crippen molar-refractivity contribution in [3.8, 4) is 0 Å². The van der Waals surface area contributed by atoms with Gasteiger partial charge in [-0.05, 0) is 13.1 Å². The summed E-state index contributed by atoms with van der Waals surface area (Å²) in [5, 5.41) is 2.05. The molecule has 0 N–H and O–H groups in total. The number of hydrogen-bond donors (Lipinski definition) is 0. The average molecular weight is 169 g/mol. The lowest BCUT2D eigenvalue weighted by Crippen LogP contribution is -2.22. The molecule has 0 saturated heterocycles. The molecule has 1 heterocycles. The van der Waals surface area contributed by atoms with E-state index in [2.05, 4.69) is 34.6 Å². The van der Waals surface area contributed by atoms with Crippen LogP contribution >= 0.6 is 11.3 Å². The van der Waals surface area contributed by atoms with Crippen LogP contribution in [0.3, 0.4) is 0 Å². The van der Waals surface area contributed by atoms with Crippen LogP contribution < -0.4 is 0 Å². The van der Waals surface area contributed by atoms with E-state index in [0.29, 0.717) is 0 Å². The molecule has 0 atom stereocenters. The fourth-order valence-corrected chi connectivity index (χ4v) is 1.44. The number of aromatic nitrogens is 1. The summed E-state index contributed by atoms with van der Waals surface area (Å²) < 4.78 is 0. The minimum Gasteiger partial charge on any atom is -0.298 e. The quantitative estimate of drug-likeness (QED) is 0.683. The monoisotopic (exact) mass is 169 g/mol. The number of hydrogen-bond acceptors (Lipinski definition) is 3. The minimum absolute atomic E-state index is 0.965. The van der Waals surface area contributed by atoms with E-state index in [1.165, 1.54) is 11.3 Å². The SMILES string of the molecule is CCN(CC)Cc1cs[c]n1. The van der Waals surface area contributed by atoms with Crippen molar-refractivity contribution in [1.82, 2.24) is 9.88 Å². The Morgan fingerprint density at radius 3 is 2.73 bits per heavy atom. The molecular weight excluding hydrogens is 156 g/mol. The first-order valence-corrected chi connectivity index (χ1v) is 4.77. The number of nitrogens with zero attached hydrogens (tertiary/aromatic N) is 2. The first-order chi connectivity index (χ1) is 5.36. The van der Waals surface area contributed by atoms with E-state index in [1.807, 2.05) is 0 Å². The van der Waals surface area contributed by atoms with Crippen molar-refractivity contribution in [1.29, 1.82) is 0 Å². The molecule has 3 heteroatoms. The van der Waals surface area contributed by atoms with Crippen molar-refractivity contribution in [2.24, 2.45) is 0 Å². The van der Waals surface area contributed by atoms with Crippen molar-refractivity contribution in [3.63, 3.8) is 0 Å². The molecule has 0 aliphatic heterocycles. The molecule has 0 spiro atoms. The topological polar surface area (TPSA) is 16.1 Å². The van der Waals surface area contributed by atoms with Crippen LogP contribution in [0.4, 0.5) is 0 Å². The summed E-state index contributed by atoms with van der Waals surface area (Å²) in [6.07, 6.45) is 0. The molecule has 1 radical (unpaired) electrons. The van der Waals surface area contributed by atoms with Gasteiger partial charge < -0.3 is 0 Å². The molecule has 0 aliphatic rings. The van der Waals surface area contributed by atoms with Crippen LogP contribution in [0.5, 0.6) is 0 Å². The van der Waals surface area contributed by atoms with Crippen molar-refractivity contribution in [2.45, 2.75) is 20.4 Å². The van der Waals surface area contributed by atoms with E-state index in [-0.39, 0.29) is 0 Å². The van der Waals surface area contributed by atoms with Gasteiger partial charge in [-0.2, -0.15) is 0 Å². The second kappa shape index (κ2) is 4.46. The lowest BCUT2D eigenvalue weighted by atomic mass is 10.4. The summed E-state index contributed by atoms with van der Waals surface area (Å²) in [5.74, 6) is 0. The molecule has 1 rings (SSSR count). The molecule has 1 aromatic rings. The zero-order valence-corrected chi connectivity index (χ0v) is 7.82. The molecule has 0 saturated carbocycles. The molecule has 0 aliphatic carbocycles. The molecule has 1 aromatic heterocycles. The van der Waals surface area contributed by atoms with Crippen LogP contribution in [0.25, 0.3) is 0 Å². The van der Waals surface area contributed by atoms with Gasteiger partial charge in [-0.25, -0.2) is 4.98 Å². The Kier molecular flexibility index (Phi) is 3.52. The van der Waals surface area contributed by atoms with Crippen molar-refractivity contribution in [2.75, 3.05) is 13.1 Å². The Bertz CT molecular complexity index is 180. The van der Waals surface area contributed by atoms with Crippen LogP contribution in [0.1, 0.15) is 19.5 Å². The zero-order valence-electron chi connectivity index (χ0n) is 7.00. The molecule has 2 nitrogen and oxygen atoms in total. The Morgan fingerprint density at radius 2 is 2.27 bits per heavy atom. The number of thiazole rings is 1. The maximum Gasteiger partial charge on any atom is 0.152 e. The molecule has 0 unspecified atom stereocenters. The second-order valence-electron chi connectivity index (χ2n) is 2.39. The Morgan fingerprint density at radius 1 is 1.55 bits per heavy atom. The summed E-state index contributed by atoms with van der Waals surface area (Å²) in [5.41, 5.74) is 3.99. The third kappa shape index (κ3) is 2.60. The zero-order chi connectivity index (χ0) is 8.10. The highest BCUT2D eigenvalue weighted by Gasteiger charge is 2.01. The van der Waals surface area contributed by atoms with Crippen molar-refractivity contribution in [3.05, 3.63) is 16.6 Å². The lowest BCUT2D eigenvalue weighted by Gasteiger charge is -2.15. The van der Waals surface area contributed by atoms with Gasteiger partial charge in [0.05, 0.1) is 5.69 Å². The Balaban J connectivity index is 2.41. The van der Waals surface area contributed by atoms with Gasteiger partial charge in [0.1, 0.15) is 0 Å². The van der Waals surface area contributed by atoms with Crippen LogP contribution in [0, 0.1) is 5.51 Å². The smallest absolute Gasteiger partial charge is 0.152 e. The fraction of sp³-hybridized carbons (Fsp3) is 0.625. The molecule has 61 valence electrons. The highest BCUT2D eigenvalue weighted by atomic mass is 32.1. The van der Waals surface area contributed by atoms with Crippen molar-refractivity contribution >= 4 is 11.3 Å². The summed E-state index contributed by atoms with van der Waals surface area (Å²) >= 11 is 1.54. The van der Waals surface area contributed by atoms with Crippen LogP contribution in [0.2, 0.25) is 0 Å². The molecule has 0 aromatic carbocycles. The van der Waals surface area contributed by atoms with E-state index in [9.17, 15) is 0 Å². The summed E-state index contributed by atoms with van der Waals surface area (Å²) in [7, 11) is 0. The van der Waals surface area contributed by atoms with Crippen LogP contribution in [-0.2, 0) is 6.54 Å². The van der Waals surface area contributed by atoms with Gasteiger partial charge in [0.15, 0.2) is 5.51 Å². The first kappa shape index (κ1) is 8.68. The van der Waals surface area contributed by atoms with Gasteiger partial charge in [0.2, 0.25) is 0 Å². The Labute approximate surface area is 71.9 Å². The van der Waals surface area contributed by atoms with Gasteiger partial charge in [-0.1, -0.05) is 13.8 Å². The normalized spacial score (nSPS) is 10.8. The fourth-order valence-electron chi connectivity index (χ4n) is 0.955. The van der Waals surface area contributed by atoms with E-state index in [1.54, 1.807) is 0 Å². The summed E-state index contributed by atoms with van der Waals surface area (Å²) in [6, 6.07) is 0. The highest BCUT2D eigenvalue weighted by molar-refractivity contribution is 7.07. The van der Waals surface area contributed by atoms with Crippen LogP contribution in [-0.4, -0.2) is 23.0 Å². The summed E-state index contributed by atoms with van der Waals surface area (Å²) in [6.45, 7) is 7.48. The third-order valence-corrected chi connectivity index (χ3v) is 2.30. The lowest BCUT2D eigenvalue weighted by molar-refractivity contribution is 0.293. The van der Waals surface area contributed by atoms with Crippen LogP contribution in [0.15, 0.2) is 5.38 Å². The van der Waals surface area contributed by atoms with E-state index in [4.69, 9.17) is 0 Å². The first-order valence-electron chi connectivity index (χ1n) is 3.89. The average Bonchev–Trinajstić information content (AvgIpc) is 2.52. The standard InChI is InChI=1S/C8H13N2S/c1-3-10(4-2)5-8-6-11-7-9-8/h6H,3-5H2,1-2H3. The maximum atomic E-state index is 4.10. The van der Waals surface area contributed by atoms with E-state index in [0.717, 1.165) is 25.3 Å². The minimum atomic E-state index is 0.965. The molecule has 11 heavy (non-hydrogen) atoms. The Hall–Kier alpha value is -0.410. The predicted molar refractivity (Wildman–Crippen MR) is 47.6 cm³/mol. The maximum absolute atomic E-state index is 4.10. The third-order valence-electron chi connectivity index (χ3n) is 1.72. The largest absolute Gasteiger partial charge is 0.298 e.